The van der Waals surface area contributed by atoms with E-state index in [1.165, 1.54) is 12.1 Å². The van der Waals surface area contributed by atoms with E-state index in [0.717, 1.165) is 30.5 Å². The summed E-state index contributed by atoms with van der Waals surface area (Å²) in [6, 6.07) is 3.35. The summed E-state index contributed by atoms with van der Waals surface area (Å²) in [5, 5.41) is 7.33. The van der Waals surface area contributed by atoms with Crippen molar-refractivity contribution in [1.82, 2.24) is 19.8 Å². The van der Waals surface area contributed by atoms with E-state index in [1.54, 1.807) is 12.3 Å². The van der Waals surface area contributed by atoms with Gasteiger partial charge in [0.25, 0.3) is 0 Å². The second-order valence-electron chi connectivity index (χ2n) is 8.27. The number of hydrogen-bond donors (Lipinski definition) is 2. The zero-order valence-electron chi connectivity index (χ0n) is 17.9. The van der Waals surface area contributed by atoms with Gasteiger partial charge in [0.05, 0.1) is 17.1 Å². The second kappa shape index (κ2) is 8.51. The number of hydrogen-bond acceptors (Lipinski definition) is 6. The molecule has 2 aliphatic rings. The van der Waals surface area contributed by atoms with Crippen molar-refractivity contribution in [1.29, 1.82) is 0 Å². The molecule has 1 aliphatic carbocycles. The van der Waals surface area contributed by atoms with Gasteiger partial charge in [0, 0.05) is 24.4 Å². The lowest BCUT2D eigenvalue weighted by atomic mass is 9.92. The number of carbonyl (C=O) groups is 1. The van der Waals surface area contributed by atoms with Crippen LogP contribution in [0.15, 0.2) is 29.3 Å². The van der Waals surface area contributed by atoms with Crippen molar-refractivity contribution >= 4 is 15.9 Å². The van der Waals surface area contributed by atoms with Crippen LogP contribution in [0.5, 0.6) is 11.5 Å². The summed E-state index contributed by atoms with van der Waals surface area (Å²) in [5.74, 6) is 0.292. The normalized spacial score (nSPS) is 19.0. The molecular formula is C21H28N4O5S. The molecule has 168 valence electrons. The maximum atomic E-state index is 13.1. The van der Waals surface area contributed by atoms with E-state index in [2.05, 4.69) is 15.1 Å². The minimum absolute atomic E-state index is 0.0300. The Balaban J connectivity index is 1.52. The molecule has 1 aromatic carbocycles. The van der Waals surface area contributed by atoms with E-state index in [-0.39, 0.29) is 22.8 Å². The first kappa shape index (κ1) is 21.6. The summed E-state index contributed by atoms with van der Waals surface area (Å²) < 4.78 is 41.4. The van der Waals surface area contributed by atoms with Crippen LogP contribution in [0.1, 0.15) is 44.0 Å². The Morgan fingerprint density at radius 2 is 1.97 bits per heavy atom. The molecule has 4 rings (SSSR count). The smallest absolute Gasteiger partial charge is 0.241 e. The SMILES string of the molecule is CC(C)[C@H](NS(=O)(=O)c1ccc2c(c1)OCCO2)C(=O)N[C@H]1CCCc2c1cnn2C. The zero-order valence-corrected chi connectivity index (χ0v) is 18.7. The third kappa shape index (κ3) is 4.40. The fourth-order valence-corrected chi connectivity index (χ4v) is 5.39. The van der Waals surface area contributed by atoms with Crippen LogP contribution >= 0.6 is 0 Å². The quantitative estimate of drug-likeness (QED) is 0.696. The van der Waals surface area contributed by atoms with Crippen molar-refractivity contribution in [3.63, 3.8) is 0 Å². The number of fused-ring (bicyclic) bond motifs is 2. The summed E-state index contributed by atoms with van der Waals surface area (Å²) in [5.41, 5.74) is 2.11. The number of nitrogens with one attached hydrogen (secondary N) is 2. The van der Waals surface area contributed by atoms with Gasteiger partial charge in [-0.3, -0.25) is 9.48 Å². The Hall–Kier alpha value is -2.59. The van der Waals surface area contributed by atoms with Gasteiger partial charge in [0.2, 0.25) is 15.9 Å². The number of benzene rings is 1. The highest BCUT2D eigenvalue weighted by Crippen LogP contribution is 2.32. The topological polar surface area (TPSA) is 112 Å². The Kier molecular flexibility index (Phi) is 5.94. The molecule has 0 bridgehead atoms. The molecule has 2 aromatic rings. The molecule has 2 heterocycles. The van der Waals surface area contributed by atoms with Crippen LogP contribution in [0.25, 0.3) is 0 Å². The number of nitrogens with zero attached hydrogens (tertiary/aromatic N) is 2. The number of aryl methyl sites for hydroxylation is 1. The molecule has 9 nitrogen and oxygen atoms in total. The maximum absolute atomic E-state index is 13.1. The van der Waals surface area contributed by atoms with E-state index in [0.29, 0.717) is 24.7 Å². The van der Waals surface area contributed by atoms with Gasteiger partial charge in [0.1, 0.15) is 19.3 Å². The Morgan fingerprint density at radius 3 is 2.71 bits per heavy atom. The van der Waals surface area contributed by atoms with Crippen molar-refractivity contribution in [2.75, 3.05) is 13.2 Å². The molecule has 0 unspecified atom stereocenters. The summed E-state index contributed by atoms with van der Waals surface area (Å²) in [7, 11) is -2.05. The third-order valence-electron chi connectivity index (χ3n) is 5.75. The van der Waals surface area contributed by atoms with Crippen molar-refractivity contribution < 1.29 is 22.7 Å². The zero-order chi connectivity index (χ0) is 22.2. The Bertz CT molecular complexity index is 1080. The average Bonchev–Trinajstić information content (AvgIpc) is 3.13. The highest BCUT2D eigenvalue weighted by atomic mass is 32.2. The summed E-state index contributed by atoms with van der Waals surface area (Å²) in [6.07, 6.45) is 4.43. The molecule has 1 aromatic heterocycles. The van der Waals surface area contributed by atoms with Crippen LogP contribution in [-0.2, 0) is 28.3 Å². The molecule has 10 heteroatoms. The van der Waals surface area contributed by atoms with E-state index < -0.39 is 16.1 Å². The molecule has 0 radical (unpaired) electrons. The van der Waals surface area contributed by atoms with Gasteiger partial charge in [-0.05, 0) is 37.3 Å². The molecule has 0 saturated heterocycles. The van der Waals surface area contributed by atoms with Crippen LogP contribution in [0.2, 0.25) is 0 Å². The van der Waals surface area contributed by atoms with Gasteiger partial charge in [-0.25, -0.2) is 8.42 Å². The molecule has 0 spiro atoms. The minimum atomic E-state index is -3.94. The van der Waals surface area contributed by atoms with Gasteiger partial charge < -0.3 is 14.8 Å². The fraction of sp³-hybridized carbons (Fsp3) is 0.524. The highest BCUT2D eigenvalue weighted by molar-refractivity contribution is 7.89. The van der Waals surface area contributed by atoms with Crippen LogP contribution in [0, 0.1) is 5.92 Å². The first-order chi connectivity index (χ1) is 14.8. The predicted molar refractivity (Wildman–Crippen MR) is 113 cm³/mol. The van der Waals surface area contributed by atoms with E-state index in [1.807, 2.05) is 25.6 Å². The van der Waals surface area contributed by atoms with Gasteiger partial charge >= 0.3 is 0 Å². The Labute approximate surface area is 182 Å². The number of sulfonamides is 1. The number of aromatic nitrogens is 2. The molecule has 2 atom stereocenters. The number of amides is 1. The van der Waals surface area contributed by atoms with E-state index in [4.69, 9.17) is 9.47 Å². The van der Waals surface area contributed by atoms with Crippen LogP contribution < -0.4 is 19.5 Å². The molecule has 1 aliphatic heterocycles. The van der Waals surface area contributed by atoms with E-state index in [9.17, 15) is 13.2 Å². The number of ether oxygens (including phenoxy) is 2. The average molecular weight is 449 g/mol. The molecule has 1 amide bonds. The lowest BCUT2D eigenvalue weighted by Gasteiger charge is -2.28. The van der Waals surface area contributed by atoms with Crippen molar-refractivity contribution in [3.05, 3.63) is 35.7 Å². The van der Waals surface area contributed by atoms with Crippen LogP contribution in [0.4, 0.5) is 0 Å². The van der Waals surface area contributed by atoms with Gasteiger partial charge in [-0.1, -0.05) is 13.8 Å². The first-order valence-corrected chi connectivity index (χ1v) is 12.0. The molecular weight excluding hydrogens is 420 g/mol. The molecule has 0 saturated carbocycles. The highest BCUT2D eigenvalue weighted by Gasteiger charge is 2.32. The number of carbonyl (C=O) groups excluding carboxylic acids is 1. The number of rotatable bonds is 6. The van der Waals surface area contributed by atoms with Crippen molar-refractivity contribution in [3.8, 4) is 11.5 Å². The first-order valence-electron chi connectivity index (χ1n) is 10.5. The standard InChI is InChI=1S/C21H28N4O5S/c1-13(2)20(21(26)23-16-5-4-6-17-15(16)12-22-25(17)3)24-31(27,28)14-7-8-18-19(11-14)30-10-9-29-18/h7-8,11-13,16,20,24H,4-6,9-10H2,1-3H3,(H,23,26)/t16-,20-/m0/s1. The van der Waals surface area contributed by atoms with Gasteiger partial charge in [-0.15, -0.1) is 0 Å². The molecule has 2 N–H and O–H groups in total. The van der Waals surface area contributed by atoms with Crippen molar-refractivity contribution in [2.24, 2.45) is 13.0 Å². The molecule has 0 fully saturated rings. The maximum Gasteiger partial charge on any atom is 0.241 e. The fourth-order valence-electron chi connectivity index (χ4n) is 4.04. The predicted octanol–water partition coefficient (Wildman–Crippen LogP) is 1.69. The van der Waals surface area contributed by atoms with Crippen LogP contribution in [0.3, 0.4) is 0 Å². The molecule has 31 heavy (non-hydrogen) atoms. The second-order valence-corrected chi connectivity index (χ2v) is 9.99. The third-order valence-corrected chi connectivity index (χ3v) is 7.19. The summed E-state index contributed by atoms with van der Waals surface area (Å²) in [4.78, 5) is 13.1. The van der Waals surface area contributed by atoms with Crippen LogP contribution in [-0.4, -0.2) is 43.4 Å². The monoisotopic (exact) mass is 448 g/mol. The van der Waals surface area contributed by atoms with E-state index >= 15 is 0 Å². The lowest BCUT2D eigenvalue weighted by molar-refractivity contribution is -0.124. The summed E-state index contributed by atoms with van der Waals surface area (Å²) >= 11 is 0. The lowest BCUT2D eigenvalue weighted by Crippen LogP contribution is -2.50. The largest absolute Gasteiger partial charge is 0.486 e. The van der Waals surface area contributed by atoms with Gasteiger partial charge in [-0.2, -0.15) is 9.82 Å². The Morgan fingerprint density at radius 1 is 1.23 bits per heavy atom. The van der Waals surface area contributed by atoms with Gasteiger partial charge in [0.15, 0.2) is 11.5 Å². The van der Waals surface area contributed by atoms with Crippen molar-refractivity contribution in [2.45, 2.75) is 50.1 Å². The minimum Gasteiger partial charge on any atom is -0.486 e. The summed E-state index contributed by atoms with van der Waals surface area (Å²) in [6.45, 7) is 4.41.